The molecule has 2 aliphatic heterocycles. The van der Waals surface area contributed by atoms with Crippen molar-refractivity contribution in [3.05, 3.63) is 143 Å². The van der Waals surface area contributed by atoms with Gasteiger partial charge in [-0.3, -0.25) is 38.6 Å². The largest absolute Gasteiger partial charge is 0.350 e. The van der Waals surface area contributed by atoms with E-state index < -0.39 is 23.6 Å². The van der Waals surface area contributed by atoms with Gasteiger partial charge in [0.05, 0.1) is 0 Å². The summed E-state index contributed by atoms with van der Waals surface area (Å²) in [5.41, 5.74) is 2.52. The van der Waals surface area contributed by atoms with Gasteiger partial charge in [-0.05, 0) is 80.8 Å². The van der Waals surface area contributed by atoms with Crippen molar-refractivity contribution in [3.63, 3.8) is 0 Å². The molecular weight excluding hydrogens is 705 g/mol. The number of benzene rings is 7. The van der Waals surface area contributed by atoms with Crippen LogP contribution in [0.15, 0.2) is 109 Å². The van der Waals surface area contributed by atoms with Crippen molar-refractivity contribution in [2.75, 3.05) is 26.2 Å². The molecule has 2 heterocycles. The predicted octanol–water partition coefficient (Wildman–Crippen LogP) is 7.84. The first kappa shape index (κ1) is 37.4. The number of amides is 6. The standard InChI is InChI=1S/C42H28N4O6.2C2H6/c47-37(23-7-3-1-4-8-23)43-19-21-45-39(49)29-15-11-25-27-13-17-31-36-32(18-14-28(34(27)36)26-12-16-30(40(45)50)35(29)33(25)26)42(52)46(41(31)51)22-20-44-38(48)24-9-5-2-6-10-24;2*1-2/h1-18H,19-22H2,(H,43,47)(H,44,48);2*1-2H3. The number of fused-ring (bicyclic) bond motifs is 2. The lowest BCUT2D eigenvalue weighted by Gasteiger charge is -2.30. The summed E-state index contributed by atoms with van der Waals surface area (Å²) in [7, 11) is 0. The molecule has 0 aliphatic carbocycles. The van der Waals surface area contributed by atoms with Gasteiger partial charge < -0.3 is 10.6 Å². The van der Waals surface area contributed by atoms with Crippen LogP contribution < -0.4 is 10.6 Å². The molecule has 7 aromatic rings. The van der Waals surface area contributed by atoms with Crippen molar-refractivity contribution >= 4 is 78.5 Å². The highest BCUT2D eigenvalue weighted by Crippen LogP contribution is 2.46. The number of carbonyl (C=O) groups excluding carboxylic acids is 6. The SMILES string of the molecule is CC.CC.O=C(NCCN1C(=O)c2ccc3c4ccc5c6c(ccc(c7ccc(c2c37)C1=O)c64)C(=O)N(CCNC(=O)c1ccccc1)C5=O)c1ccccc1. The quantitative estimate of drug-likeness (QED) is 0.0926. The van der Waals surface area contributed by atoms with Gasteiger partial charge in [-0.25, -0.2) is 0 Å². The molecule has 10 heteroatoms. The zero-order valence-corrected chi connectivity index (χ0v) is 31.6. The van der Waals surface area contributed by atoms with Crippen LogP contribution >= 0.6 is 0 Å². The smallest absolute Gasteiger partial charge is 0.261 e. The van der Waals surface area contributed by atoms with Gasteiger partial charge in [0, 0.05) is 70.3 Å². The van der Waals surface area contributed by atoms with E-state index in [1.54, 1.807) is 72.8 Å². The zero-order chi connectivity index (χ0) is 39.7. The first-order valence-electron chi connectivity index (χ1n) is 18.9. The number of nitrogens with zero attached hydrogens (tertiary/aromatic N) is 2. The highest BCUT2D eigenvalue weighted by molar-refractivity contribution is 6.41. The van der Waals surface area contributed by atoms with Gasteiger partial charge in [0.25, 0.3) is 35.4 Å². The summed E-state index contributed by atoms with van der Waals surface area (Å²) < 4.78 is 0. The molecule has 2 N–H and O–H groups in total. The molecule has 0 bridgehead atoms. The van der Waals surface area contributed by atoms with Gasteiger partial charge in [0.15, 0.2) is 0 Å². The molecule has 0 spiro atoms. The Labute approximate surface area is 323 Å². The lowest BCUT2D eigenvalue weighted by molar-refractivity contribution is 0.0594. The lowest BCUT2D eigenvalue weighted by atomic mass is 9.82. The number of hydrogen-bond acceptors (Lipinski definition) is 6. The molecule has 0 unspecified atom stereocenters. The minimum atomic E-state index is -0.442. The Kier molecular flexibility index (Phi) is 10.3. The highest BCUT2D eigenvalue weighted by atomic mass is 16.2. The summed E-state index contributed by atoms with van der Waals surface area (Å²) in [5, 5.41) is 11.4. The van der Waals surface area contributed by atoms with E-state index in [0.717, 1.165) is 32.3 Å². The molecule has 0 saturated carbocycles. The molecule has 0 fully saturated rings. The minimum Gasteiger partial charge on any atom is -0.350 e. The Morgan fingerprint density at radius 2 is 0.696 bits per heavy atom. The molecule has 56 heavy (non-hydrogen) atoms. The van der Waals surface area contributed by atoms with E-state index >= 15 is 0 Å². The summed E-state index contributed by atoms with van der Waals surface area (Å²) in [4.78, 5) is 82.8. The third-order valence-electron chi connectivity index (χ3n) is 10.1. The summed E-state index contributed by atoms with van der Waals surface area (Å²) in [6.07, 6.45) is 0. The Morgan fingerprint density at radius 1 is 0.411 bits per heavy atom. The van der Waals surface area contributed by atoms with Crippen molar-refractivity contribution in [2.45, 2.75) is 27.7 Å². The normalized spacial score (nSPS) is 13.1. The summed E-state index contributed by atoms with van der Waals surface area (Å²) in [6.45, 7) is 8.20. The van der Waals surface area contributed by atoms with Crippen molar-refractivity contribution in [1.82, 2.24) is 20.4 Å². The summed E-state index contributed by atoms with van der Waals surface area (Å²) >= 11 is 0. The van der Waals surface area contributed by atoms with Crippen molar-refractivity contribution in [3.8, 4) is 0 Å². The molecule has 7 aromatic carbocycles. The maximum absolute atomic E-state index is 13.8. The summed E-state index contributed by atoms with van der Waals surface area (Å²) in [6, 6.07) is 31.7. The average molecular weight is 745 g/mol. The fraction of sp³-hybridized carbons (Fsp3) is 0.174. The van der Waals surface area contributed by atoms with Crippen LogP contribution in [0, 0.1) is 0 Å². The molecule has 0 saturated heterocycles. The molecule has 0 atom stereocenters. The van der Waals surface area contributed by atoms with Crippen LogP contribution in [0.1, 0.15) is 89.8 Å². The van der Waals surface area contributed by atoms with Gasteiger partial charge in [0.1, 0.15) is 0 Å². The average Bonchev–Trinajstić information content (AvgIpc) is 3.25. The maximum Gasteiger partial charge on any atom is 0.261 e. The molecule has 6 amide bonds. The van der Waals surface area contributed by atoms with Crippen LogP contribution in [0.4, 0.5) is 0 Å². The van der Waals surface area contributed by atoms with Gasteiger partial charge in [-0.1, -0.05) is 88.4 Å². The first-order chi connectivity index (χ1) is 27.3. The Balaban J connectivity index is 0.00000117. The first-order valence-corrected chi connectivity index (χ1v) is 18.9. The van der Waals surface area contributed by atoms with Crippen molar-refractivity contribution in [2.24, 2.45) is 0 Å². The number of hydrogen-bond donors (Lipinski definition) is 2. The highest BCUT2D eigenvalue weighted by Gasteiger charge is 2.36. The van der Waals surface area contributed by atoms with Crippen molar-refractivity contribution in [1.29, 1.82) is 0 Å². The topological polar surface area (TPSA) is 133 Å². The van der Waals surface area contributed by atoms with Crippen LogP contribution in [0.25, 0.3) is 43.1 Å². The maximum atomic E-state index is 13.8. The predicted molar refractivity (Wildman–Crippen MR) is 219 cm³/mol. The van der Waals surface area contributed by atoms with Crippen LogP contribution in [0.5, 0.6) is 0 Å². The Bertz CT molecular complexity index is 2400. The van der Waals surface area contributed by atoms with E-state index in [9.17, 15) is 28.8 Å². The summed E-state index contributed by atoms with van der Waals surface area (Å²) in [5.74, 6) is -2.35. The molecular formula is C46H40N4O6. The second-order valence-electron chi connectivity index (χ2n) is 12.9. The van der Waals surface area contributed by atoms with Gasteiger partial charge in [0.2, 0.25) is 0 Å². The zero-order valence-electron chi connectivity index (χ0n) is 31.6. The molecule has 0 radical (unpaired) electrons. The van der Waals surface area contributed by atoms with Crippen LogP contribution in [-0.4, -0.2) is 71.4 Å². The van der Waals surface area contributed by atoms with Crippen LogP contribution in [0.2, 0.25) is 0 Å². The molecule has 10 nitrogen and oxygen atoms in total. The van der Waals surface area contributed by atoms with Crippen LogP contribution in [-0.2, 0) is 0 Å². The van der Waals surface area contributed by atoms with E-state index in [4.69, 9.17) is 0 Å². The van der Waals surface area contributed by atoms with Gasteiger partial charge in [-0.15, -0.1) is 0 Å². The van der Waals surface area contributed by atoms with E-state index in [1.165, 1.54) is 9.80 Å². The monoisotopic (exact) mass is 744 g/mol. The Hall–Kier alpha value is -6.94. The number of nitrogens with one attached hydrogen (secondary N) is 2. The minimum absolute atomic E-state index is 0.00679. The van der Waals surface area contributed by atoms with E-state index in [-0.39, 0.29) is 38.0 Å². The Morgan fingerprint density at radius 3 is 0.982 bits per heavy atom. The fourth-order valence-corrected chi connectivity index (χ4v) is 7.72. The third-order valence-corrected chi connectivity index (χ3v) is 10.1. The second-order valence-corrected chi connectivity index (χ2v) is 12.9. The second kappa shape index (κ2) is 15.4. The fourth-order valence-electron chi connectivity index (χ4n) is 7.72. The lowest BCUT2D eigenvalue weighted by Crippen LogP contribution is -2.44. The van der Waals surface area contributed by atoms with E-state index in [2.05, 4.69) is 10.6 Å². The number of carbonyl (C=O) groups is 6. The molecule has 280 valence electrons. The molecule has 0 aromatic heterocycles. The van der Waals surface area contributed by atoms with Crippen LogP contribution in [0.3, 0.4) is 0 Å². The number of rotatable bonds is 8. The van der Waals surface area contributed by atoms with Gasteiger partial charge in [-0.2, -0.15) is 0 Å². The van der Waals surface area contributed by atoms with Crippen molar-refractivity contribution < 1.29 is 28.8 Å². The van der Waals surface area contributed by atoms with E-state index in [0.29, 0.717) is 44.2 Å². The third kappa shape index (κ3) is 5.99. The molecule has 9 rings (SSSR count). The number of imide groups is 2. The van der Waals surface area contributed by atoms with Gasteiger partial charge >= 0.3 is 0 Å². The molecule has 2 aliphatic rings. The van der Waals surface area contributed by atoms with E-state index in [1.807, 2.05) is 64.1 Å².